The van der Waals surface area contributed by atoms with Crippen LogP contribution in [-0.4, -0.2) is 24.6 Å². The molecule has 0 saturated carbocycles. The normalized spacial score (nSPS) is 12.2. The Morgan fingerprint density at radius 1 is 1.62 bits per heavy atom. The van der Waals surface area contributed by atoms with Crippen LogP contribution in [0.3, 0.4) is 0 Å². The molecule has 1 aromatic rings. The number of halogens is 1. The van der Waals surface area contributed by atoms with E-state index in [1.807, 2.05) is 6.92 Å². The quantitative estimate of drug-likeness (QED) is 0.667. The summed E-state index contributed by atoms with van der Waals surface area (Å²) < 4.78 is 6.14. The molecule has 88 valence electrons. The zero-order valence-corrected chi connectivity index (χ0v) is 10.7. The molecule has 1 aromatic carbocycles. The monoisotopic (exact) mass is 288 g/mol. The topological polar surface area (TPSA) is 64.4 Å². The van der Waals surface area contributed by atoms with E-state index < -0.39 is 4.92 Å². The van der Waals surface area contributed by atoms with E-state index >= 15 is 0 Å². The van der Waals surface area contributed by atoms with Crippen molar-refractivity contribution in [3.8, 4) is 5.75 Å². The number of nitrogens with one attached hydrogen (secondary N) is 1. The summed E-state index contributed by atoms with van der Waals surface area (Å²) in [6.45, 7) is 2.48. The lowest BCUT2D eigenvalue weighted by Gasteiger charge is -2.14. The molecule has 16 heavy (non-hydrogen) atoms. The third-order valence-electron chi connectivity index (χ3n) is 1.94. The van der Waals surface area contributed by atoms with Crippen LogP contribution < -0.4 is 10.1 Å². The molecule has 0 heterocycles. The Morgan fingerprint density at radius 3 is 2.88 bits per heavy atom. The lowest BCUT2D eigenvalue weighted by molar-refractivity contribution is -0.386. The predicted molar refractivity (Wildman–Crippen MR) is 64.8 cm³/mol. The first-order chi connectivity index (χ1) is 7.54. The fraction of sp³-hybridized carbons (Fsp3) is 0.400. The molecular weight excluding hydrogens is 276 g/mol. The Kier molecular flexibility index (Phi) is 4.70. The highest BCUT2D eigenvalue weighted by atomic mass is 79.9. The number of ether oxygens (including phenoxy) is 1. The third-order valence-corrected chi connectivity index (χ3v) is 2.43. The van der Waals surface area contributed by atoms with E-state index in [1.165, 1.54) is 6.07 Å². The first kappa shape index (κ1) is 12.9. The number of rotatable bonds is 5. The Morgan fingerprint density at radius 2 is 2.31 bits per heavy atom. The van der Waals surface area contributed by atoms with E-state index in [0.29, 0.717) is 11.0 Å². The van der Waals surface area contributed by atoms with Crippen LogP contribution in [0.25, 0.3) is 0 Å². The van der Waals surface area contributed by atoms with Crippen LogP contribution in [0.2, 0.25) is 0 Å². The van der Waals surface area contributed by atoms with E-state index in [4.69, 9.17) is 4.74 Å². The number of hydrogen-bond acceptors (Lipinski definition) is 4. The van der Waals surface area contributed by atoms with Gasteiger partial charge in [0.05, 0.1) is 4.92 Å². The minimum absolute atomic E-state index is 0.0303. The Balaban J connectivity index is 2.90. The number of hydrogen-bond donors (Lipinski definition) is 1. The number of nitro benzene ring substituents is 1. The molecule has 0 aliphatic carbocycles. The third kappa shape index (κ3) is 3.46. The van der Waals surface area contributed by atoms with Crippen molar-refractivity contribution < 1.29 is 9.66 Å². The van der Waals surface area contributed by atoms with Gasteiger partial charge in [-0.05, 0) is 26.1 Å². The maximum Gasteiger partial charge on any atom is 0.312 e. The summed E-state index contributed by atoms with van der Waals surface area (Å²) in [6, 6.07) is 4.74. The van der Waals surface area contributed by atoms with Crippen LogP contribution in [0.15, 0.2) is 22.7 Å². The number of benzene rings is 1. The van der Waals surface area contributed by atoms with Crippen molar-refractivity contribution in [3.63, 3.8) is 0 Å². The fourth-order valence-electron chi connectivity index (χ4n) is 1.28. The second-order valence-electron chi connectivity index (χ2n) is 3.36. The number of likely N-dealkylation sites (N-methyl/N-ethyl adjacent to an activating group) is 1. The van der Waals surface area contributed by atoms with Gasteiger partial charge < -0.3 is 10.1 Å². The molecule has 1 atom stereocenters. The van der Waals surface area contributed by atoms with Gasteiger partial charge in [-0.25, -0.2) is 0 Å². The summed E-state index contributed by atoms with van der Waals surface area (Å²) in [5.41, 5.74) is -0.0303. The number of nitrogens with zero attached hydrogens (tertiary/aromatic N) is 1. The highest BCUT2D eigenvalue weighted by Gasteiger charge is 2.17. The smallest absolute Gasteiger partial charge is 0.312 e. The molecule has 0 saturated heterocycles. The van der Waals surface area contributed by atoms with E-state index in [0.717, 1.165) is 0 Å². The van der Waals surface area contributed by atoms with E-state index in [9.17, 15) is 10.1 Å². The molecule has 0 aliphatic heterocycles. The summed E-state index contributed by atoms with van der Waals surface area (Å²) in [7, 11) is 1.80. The molecule has 0 amide bonds. The largest absolute Gasteiger partial charge is 0.482 e. The Bertz CT molecular complexity index is 384. The molecule has 1 rings (SSSR count). The van der Waals surface area contributed by atoms with Gasteiger partial charge in [0.1, 0.15) is 6.10 Å². The summed E-state index contributed by atoms with van der Waals surface area (Å²) in [6.07, 6.45) is -0.120. The molecular formula is C10H13BrN2O3. The van der Waals surface area contributed by atoms with Crippen LogP contribution in [0.5, 0.6) is 5.75 Å². The predicted octanol–water partition coefficient (Wildman–Crippen LogP) is 2.34. The average molecular weight is 289 g/mol. The minimum Gasteiger partial charge on any atom is -0.482 e. The van der Waals surface area contributed by atoms with E-state index in [-0.39, 0.29) is 17.5 Å². The fourth-order valence-corrected chi connectivity index (χ4v) is 1.63. The van der Waals surface area contributed by atoms with Gasteiger partial charge in [0, 0.05) is 17.1 Å². The second kappa shape index (κ2) is 5.81. The maximum atomic E-state index is 10.8. The molecule has 6 heteroatoms. The summed E-state index contributed by atoms with van der Waals surface area (Å²) in [5.74, 6) is 0.288. The summed E-state index contributed by atoms with van der Waals surface area (Å²) in [5, 5.41) is 13.7. The molecule has 0 radical (unpaired) electrons. The minimum atomic E-state index is -0.452. The van der Waals surface area contributed by atoms with Gasteiger partial charge >= 0.3 is 5.69 Å². The molecule has 1 unspecified atom stereocenters. The zero-order chi connectivity index (χ0) is 12.1. The Labute approximate surface area is 102 Å². The van der Waals surface area contributed by atoms with Gasteiger partial charge in [-0.2, -0.15) is 0 Å². The lowest BCUT2D eigenvalue weighted by atomic mass is 10.3. The molecule has 0 aromatic heterocycles. The first-order valence-corrected chi connectivity index (χ1v) is 5.59. The van der Waals surface area contributed by atoms with Crippen molar-refractivity contribution in [3.05, 3.63) is 32.8 Å². The SMILES string of the molecule is CNCC(C)Oc1ccc(Br)cc1[N+](=O)[O-]. The van der Waals surface area contributed by atoms with Crippen molar-refractivity contribution in [2.24, 2.45) is 0 Å². The van der Waals surface area contributed by atoms with Gasteiger partial charge in [0.25, 0.3) is 0 Å². The molecule has 1 N–H and O–H groups in total. The average Bonchev–Trinajstić information content (AvgIpc) is 2.20. The van der Waals surface area contributed by atoms with Gasteiger partial charge in [0.2, 0.25) is 0 Å². The van der Waals surface area contributed by atoms with Crippen molar-refractivity contribution >= 4 is 21.6 Å². The van der Waals surface area contributed by atoms with Crippen molar-refractivity contribution in [2.45, 2.75) is 13.0 Å². The molecule has 0 fully saturated rings. The van der Waals surface area contributed by atoms with Crippen molar-refractivity contribution in [1.82, 2.24) is 5.32 Å². The van der Waals surface area contributed by atoms with Crippen LogP contribution in [-0.2, 0) is 0 Å². The van der Waals surface area contributed by atoms with Gasteiger partial charge in [-0.3, -0.25) is 10.1 Å². The molecule has 0 bridgehead atoms. The van der Waals surface area contributed by atoms with Crippen molar-refractivity contribution in [1.29, 1.82) is 0 Å². The summed E-state index contributed by atoms with van der Waals surface area (Å²) in [4.78, 5) is 10.4. The standard InChI is InChI=1S/C10H13BrN2O3/c1-7(6-12-2)16-10-4-3-8(11)5-9(10)13(14)15/h3-5,7,12H,6H2,1-2H3. The molecule has 5 nitrogen and oxygen atoms in total. The maximum absolute atomic E-state index is 10.8. The van der Waals surface area contributed by atoms with E-state index in [1.54, 1.807) is 19.2 Å². The number of nitro groups is 1. The van der Waals surface area contributed by atoms with Gasteiger partial charge in [-0.1, -0.05) is 15.9 Å². The van der Waals surface area contributed by atoms with Crippen LogP contribution in [0, 0.1) is 10.1 Å². The van der Waals surface area contributed by atoms with E-state index in [2.05, 4.69) is 21.2 Å². The van der Waals surface area contributed by atoms with Crippen LogP contribution >= 0.6 is 15.9 Å². The van der Waals surface area contributed by atoms with Gasteiger partial charge in [0.15, 0.2) is 5.75 Å². The highest BCUT2D eigenvalue weighted by molar-refractivity contribution is 9.10. The van der Waals surface area contributed by atoms with Crippen LogP contribution in [0.1, 0.15) is 6.92 Å². The van der Waals surface area contributed by atoms with Gasteiger partial charge in [-0.15, -0.1) is 0 Å². The zero-order valence-electron chi connectivity index (χ0n) is 9.07. The van der Waals surface area contributed by atoms with Crippen LogP contribution in [0.4, 0.5) is 5.69 Å². The molecule has 0 aliphatic rings. The highest BCUT2D eigenvalue weighted by Crippen LogP contribution is 2.30. The van der Waals surface area contributed by atoms with Crippen molar-refractivity contribution in [2.75, 3.05) is 13.6 Å². The summed E-state index contributed by atoms with van der Waals surface area (Å²) >= 11 is 3.19. The lowest BCUT2D eigenvalue weighted by Crippen LogP contribution is -2.26. The Hall–Kier alpha value is -1.14. The molecule has 0 spiro atoms. The first-order valence-electron chi connectivity index (χ1n) is 4.79. The second-order valence-corrected chi connectivity index (χ2v) is 4.27.